The molecular weight excluding hydrogens is 252 g/mol. The molecule has 0 aliphatic heterocycles. The van der Waals surface area contributed by atoms with Crippen molar-refractivity contribution >= 4 is 0 Å². The van der Waals surface area contributed by atoms with E-state index in [-0.39, 0.29) is 0 Å². The van der Waals surface area contributed by atoms with Gasteiger partial charge in [-0.3, -0.25) is 4.98 Å². The molecule has 1 N–H and O–H groups in total. The highest BCUT2D eigenvalue weighted by Gasteiger charge is 2.10. The second-order valence-electron chi connectivity index (χ2n) is 4.59. The van der Waals surface area contributed by atoms with Crippen molar-refractivity contribution < 1.29 is 9.47 Å². The molecule has 0 amide bonds. The Morgan fingerprint density at radius 3 is 2.65 bits per heavy atom. The van der Waals surface area contributed by atoms with E-state index in [0.717, 1.165) is 12.2 Å². The number of pyridine rings is 1. The van der Waals surface area contributed by atoms with Crippen molar-refractivity contribution in [1.82, 2.24) is 10.3 Å². The Kier molecular flexibility index (Phi) is 4.96. The average Bonchev–Trinajstić information content (AvgIpc) is 2.47. The number of benzene rings is 1. The number of hydrogen-bond donors (Lipinski definition) is 1. The second kappa shape index (κ2) is 6.91. The van der Waals surface area contributed by atoms with Crippen molar-refractivity contribution in [2.45, 2.75) is 20.0 Å². The molecule has 4 heteroatoms. The van der Waals surface area contributed by atoms with Crippen molar-refractivity contribution in [3.63, 3.8) is 0 Å². The third kappa shape index (κ3) is 3.48. The van der Waals surface area contributed by atoms with Crippen LogP contribution < -0.4 is 14.8 Å². The van der Waals surface area contributed by atoms with Crippen LogP contribution in [0, 0.1) is 6.92 Å². The summed E-state index contributed by atoms with van der Waals surface area (Å²) in [7, 11) is 3.26. The first-order valence-corrected chi connectivity index (χ1v) is 6.56. The van der Waals surface area contributed by atoms with Gasteiger partial charge in [0.1, 0.15) is 0 Å². The highest BCUT2D eigenvalue weighted by atomic mass is 16.5. The Labute approximate surface area is 119 Å². The van der Waals surface area contributed by atoms with Gasteiger partial charge in [-0.15, -0.1) is 0 Å². The summed E-state index contributed by atoms with van der Waals surface area (Å²) in [5.41, 5.74) is 3.37. The van der Waals surface area contributed by atoms with Gasteiger partial charge >= 0.3 is 0 Å². The van der Waals surface area contributed by atoms with Crippen LogP contribution >= 0.6 is 0 Å². The van der Waals surface area contributed by atoms with E-state index in [1.165, 1.54) is 11.1 Å². The highest BCUT2D eigenvalue weighted by Crippen LogP contribution is 2.28. The minimum absolute atomic E-state index is 0.633. The van der Waals surface area contributed by atoms with Crippen LogP contribution in [-0.4, -0.2) is 19.2 Å². The lowest BCUT2D eigenvalue weighted by atomic mass is 10.1. The van der Waals surface area contributed by atoms with Crippen LogP contribution in [0.25, 0.3) is 0 Å². The maximum atomic E-state index is 5.36. The van der Waals surface area contributed by atoms with Crippen LogP contribution in [0.15, 0.2) is 36.5 Å². The number of hydrogen-bond acceptors (Lipinski definition) is 4. The Hall–Kier alpha value is -2.07. The first-order chi connectivity index (χ1) is 9.74. The number of aromatic nitrogens is 1. The lowest BCUT2D eigenvalue weighted by molar-refractivity contribution is 0.348. The van der Waals surface area contributed by atoms with E-state index < -0.39 is 0 Å². The van der Waals surface area contributed by atoms with E-state index in [4.69, 9.17) is 9.47 Å². The summed E-state index contributed by atoms with van der Waals surface area (Å²) in [5.74, 6) is 1.39. The first-order valence-electron chi connectivity index (χ1n) is 6.56. The molecule has 0 saturated carbocycles. The zero-order valence-electron chi connectivity index (χ0n) is 12.1. The molecule has 0 aliphatic carbocycles. The average molecular weight is 272 g/mol. The molecule has 0 unspecified atom stereocenters. The third-order valence-corrected chi connectivity index (χ3v) is 3.07. The fraction of sp³-hybridized carbons (Fsp3) is 0.312. The predicted octanol–water partition coefficient (Wildman–Crippen LogP) is 2.70. The molecule has 1 aromatic heterocycles. The molecule has 0 aliphatic rings. The fourth-order valence-corrected chi connectivity index (χ4v) is 2.12. The topological polar surface area (TPSA) is 43.4 Å². The monoisotopic (exact) mass is 272 g/mol. The van der Waals surface area contributed by atoms with Crippen LogP contribution in [0.5, 0.6) is 11.5 Å². The van der Waals surface area contributed by atoms with E-state index in [2.05, 4.69) is 41.5 Å². The van der Waals surface area contributed by atoms with E-state index in [1.807, 2.05) is 0 Å². The van der Waals surface area contributed by atoms with E-state index >= 15 is 0 Å². The van der Waals surface area contributed by atoms with Crippen LogP contribution in [0.4, 0.5) is 0 Å². The summed E-state index contributed by atoms with van der Waals surface area (Å²) in [6, 6.07) is 10.2. The minimum atomic E-state index is 0.633. The summed E-state index contributed by atoms with van der Waals surface area (Å²) >= 11 is 0. The third-order valence-electron chi connectivity index (χ3n) is 3.07. The van der Waals surface area contributed by atoms with Gasteiger partial charge in [0.2, 0.25) is 0 Å². The molecule has 1 heterocycles. The van der Waals surface area contributed by atoms with Gasteiger partial charge in [-0.05, 0) is 12.5 Å². The van der Waals surface area contributed by atoms with Crippen molar-refractivity contribution in [2.75, 3.05) is 14.2 Å². The van der Waals surface area contributed by atoms with E-state index in [9.17, 15) is 0 Å². The van der Waals surface area contributed by atoms with Gasteiger partial charge in [0.15, 0.2) is 11.5 Å². The lowest BCUT2D eigenvalue weighted by Crippen LogP contribution is -2.14. The SMILES string of the molecule is COc1ccnc(CNCc2cccc(C)c2)c1OC. The Morgan fingerprint density at radius 2 is 1.95 bits per heavy atom. The van der Waals surface area contributed by atoms with Gasteiger partial charge < -0.3 is 14.8 Å². The predicted molar refractivity (Wildman–Crippen MR) is 79.1 cm³/mol. The summed E-state index contributed by atoms with van der Waals surface area (Å²) < 4.78 is 10.6. The first kappa shape index (κ1) is 14.3. The molecule has 4 nitrogen and oxygen atoms in total. The van der Waals surface area contributed by atoms with Crippen LogP contribution in [-0.2, 0) is 13.1 Å². The van der Waals surface area contributed by atoms with Gasteiger partial charge in [-0.25, -0.2) is 0 Å². The molecule has 0 saturated heterocycles. The van der Waals surface area contributed by atoms with Gasteiger partial charge in [-0.1, -0.05) is 29.8 Å². The Morgan fingerprint density at radius 1 is 1.10 bits per heavy atom. The van der Waals surface area contributed by atoms with Gasteiger partial charge in [0.05, 0.1) is 19.9 Å². The molecule has 1 aromatic carbocycles. The summed E-state index contributed by atoms with van der Waals surface area (Å²) in [4.78, 5) is 4.34. The molecule has 20 heavy (non-hydrogen) atoms. The van der Waals surface area contributed by atoms with Crippen molar-refractivity contribution in [1.29, 1.82) is 0 Å². The summed E-state index contributed by atoms with van der Waals surface area (Å²) in [5, 5.41) is 3.37. The van der Waals surface area contributed by atoms with Crippen LogP contribution in [0.2, 0.25) is 0 Å². The maximum Gasteiger partial charge on any atom is 0.183 e. The molecule has 0 fully saturated rings. The smallest absolute Gasteiger partial charge is 0.183 e. The molecule has 0 radical (unpaired) electrons. The van der Waals surface area contributed by atoms with E-state index in [1.54, 1.807) is 26.5 Å². The molecule has 2 aromatic rings. The van der Waals surface area contributed by atoms with Crippen molar-refractivity contribution in [2.24, 2.45) is 0 Å². The zero-order valence-corrected chi connectivity index (χ0v) is 12.1. The lowest BCUT2D eigenvalue weighted by Gasteiger charge is -2.12. The second-order valence-corrected chi connectivity index (χ2v) is 4.59. The largest absolute Gasteiger partial charge is 0.493 e. The molecule has 0 atom stereocenters. The Bertz CT molecular complexity index is 570. The maximum absolute atomic E-state index is 5.36. The Balaban J connectivity index is 2.01. The fourth-order valence-electron chi connectivity index (χ4n) is 2.12. The van der Waals surface area contributed by atoms with E-state index in [0.29, 0.717) is 18.0 Å². The number of aryl methyl sites for hydroxylation is 1. The number of ether oxygens (including phenoxy) is 2. The van der Waals surface area contributed by atoms with Gasteiger partial charge in [0, 0.05) is 25.4 Å². The zero-order chi connectivity index (χ0) is 14.4. The molecular formula is C16H20N2O2. The number of rotatable bonds is 6. The quantitative estimate of drug-likeness (QED) is 0.878. The molecule has 106 valence electrons. The van der Waals surface area contributed by atoms with Crippen molar-refractivity contribution in [3.8, 4) is 11.5 Å². The van der Waals surface area contributed by atoms with Crippen LogP contribution in [0.3, 0.4) is 0 Å². The number of nitrogens with one attached hydrogen (secondary N) is 1. The summed E-state index contributed by atoms with van der Waals surface area (Å²) in [6.45, 7) is 3.52. The highest BCUT2D eigenvalue weighted by molar-refractivity contribution is 5.42. The van der Waals surface area contributed by atoms with Gasteiger partial charge in [-0.2, -0.15) is 0 Å². The summed E-state index contributed by atoms with van der Waals surface area (Å²) in [6.07, 6.45) is 1.73. The van der Waals surface area contributed by atoms with Gasteiger partial charge in [0.25, 0.3) is 0 Å². The number of nitrogens with zero attached hydrogens (tertiary/aromatic N) is 1. The minimum Gasteiger partial charge on any atom is -0.493 e. The standard InChI is InChI=1S/C16H20N2O2/c1-12-5-4-6-13(9-12)10-17-11-14-16(20-3)15(19-2)7-8-18-14/h4-9,17H,10-11H2,1-3H3. The van der Waals surface area contributed by atoms with Crippen LogP contribution in [0.1, 0.15) is 16.8 Å². The number of methoxy groups -OCH3 is 2. The van der Waals surface area contributed by atoms with Crippen molar-refractivity contribution in [3.05, 3.63) is 53.3 Å². The molecule has 2 rings (SSSR count). The molecule has 0 bridgehead atoms. The molecule has 0 spiro atoms. The normalized spacial score (nSPS) is 10.3.